The van der Waals surface area contributed by atoms with Gasteiger partial charge in [-0.1, -0.05) is 38.1 Å². The molecule has 1 unspecified atom stereocenters. The van der Waals surface area contributed by atoms with Gasteiger partial charge in [0.25, 0.3) is 0 Å². The van der Waals surface area contributed by atoms with Gasteiger partial charge in [0, 0.05) is 7.11 Å². The van der Waals surface area contributed by atoms with Gasteiger partial charge in [-0.05, 0) is 42.9 Å². The number of hydrogen-bond acceptors (Lipinski definition) is 2. The van der Waals surface area contributed by atoms with Crippen LogP contribution in [0.3, 0.4) is 0 Å². The van der Waals surface area contributed by atoms with Crippen molar-refractivity contribution in [1.82, 2.24) is 0 Å². The Labute approximate surface area is 116 Å². The first-order valence-corrected chi connectivity index (χ1v) is 6.99. The zero-order chi connectivity index (χ0) is 14.3. The molecule has 0 amide bonds. The maximum atomic E-state index is 15.0. The van der Waals surface area contributed by atoms with Crippen molar-refractivity contribution < 1.29 is 9.13 Å². The summed E-state index contributed by atoms with van der Waals surface area (Å²) in [5, 5.41) is 0. The van der Waals surface area contributed by atoms with Crippen molar-refractivity contribution in [3.8, 4) is 0 Å². The minimum absolute atomic E-state index is 0.0815. The maximum absolute atomic E-state index is 15.0. The Morgan fingerprint density at radius 2 is 2.11 bits per heavy atom. The van der Waals surface area contributed by atoms with Gasteiger partial charge in [-0.15, -0.1) is 0 Å². The summed E-state index contributed by atoms with van der Waals surface area (Å²) in [5.74, 6) is 0.565. The first-order chi connectivity index (χ1) is 9.01. The zero-order valence-corrected chi connectivity index (χ0v) is 12.3. The van der Waals surface area contributed by atoms with Crippen LogP contribution in [0.25, 0.3) is 0 Å². The van der Waals surface area contributed by atoms with Gasteiger partial charge in [0.15, 0.2) is 5.67 Å². The van der Waals surface area contributed by atoms with Crippen molar-refractivity contribution >= 4 is 0 Å². The number of hydrogen-bond donors (Lipinski definition) is 1. The van der Waals surface area contributed by atoms with Gasteiger partial charge in [0.05, 0.1) is 6.61 Å². The normalized spacial score (nSPS) is 14.6. The first kappa shape index (κ1) is 16.1. The standard InChI is InChI=1S/C16H26FNO/c1-13(2)10-14-6-4-7-15(11-14)16(17,12-19-3)8-5-9-18/h4,6-7,11,13H,5,8-10,12,18H2,1-3H3. The summed E-state index contributed by atoms with van der Waals surface area (Å²) < 4.78 is 20.1. The Kier molecular flexibility index (Phi) is 6.46. The van der Waals surface area contributed by atoms with Crippen molar-refractivity contribution in [2.45, 2.75) is 38.8 Å². The van der Waals surface area contributed by atoms with Crippen molar-refractivity contribution in [3.63, 3.8) is 0 Å². The highest BCUT2D eigenvalue weighted by Gasteiger charge is 2.31. The topological polar surface area (TPSA) is 35.2 Å². The second kappa shape index (κ2) is 7.61. The lowest BCUT2D eigenvalue weighted by Crippen LogP contribution is -2.27. The highest BCUT2D eigenvalue weighted by atomic mass is 19.1. The molecule has 1 aromatic carbocycles. The molecule has 2 N–H and O–H groups in total. The highest BCUT2D eigenvalue weighted by Crippen LogP contribution is 2.32. The molecule has 0 saturated carbocycles. The van der Waals surface area contributed by atoms with Crippen LogP contribution in [0, 0.1) is 5.92 Å². The quantitative estimate of drug-likeness (QED) is 0.783. The summed E-state index contributed by atoms with van der Waals surface area (Å²) in [6, 6.07) is 7.80. The molecule has 0 radical (unpaired) electrons. The number of benzene rings is 1. The molecule has 1 aromatic rings. The summed E-state index contributed by atoms with van der Waals surface area (Å²) >= 11 is 0. The summed E-state index contributed by atoms with van der Waals surface area (Å²) in [7, 11) is 1.54. The number of methoxy groups -OCH3 is 1. The second-order valence-electron chi connectivity index (χ2n) is 5.59. The third kappa shape index (κ3) is 4.92. The van der Waals surface area contributed by atoms with Crippen molar-refractivity contribution in [1.29, 1.82) is 0 Å². The molecule has 0 aliphatic rings. The van der Waals surface area contributed by atoms with Crippen LogP contribution in [0.2, 0.25) is 0 Å². The number of ether oxygens (including phenoxy) is 1. The van der Waals surface area contributed by atoms with Gasteiger partial charge in [0.1, 0.15) is 0 Å². The fourth-order valence-electron chi connectivity index (χ4n) is 2.36. The Morgan fingerprint density at radius 3 is 2.68 bits per heavy atom. The lowest BCUT2D eigenvalue weighted by Gasteiger charge is -2.25. The van der Waals surface area contributed by atoms with Gasteiger partial charge in [0.2, 0.25) is 0 Å². The Morgan fingerprint density at radius 1 is 1.37 bits per heavy atom. The molecule has 0 saturated heterocycles. The van der Waals surface area contributed by atoms with Crippen LogP contribution in [-0.2, 0) is 16.8 Å². The first-order valence-electron chi connectivity index (χ1n) is 6.99. The van der Waals surface area contributed by atoms with Gasteiger partial charge in [-0.25, -0.2) is 4.39 Å². The predicted molar refractivity (Wildman–Crippen MR) is 77.9 cm³/mol. The molecule has 1 atom stereocenters. The van der Waals surface area contributed by atoms with E-state index in [2.05, 4.69) is 19.9 Å². The van der Waals surface area contributed by atoms with Crippen LogP contribution in [0.5, 0.6) is 0 Å². The van der Waals surface area contributed by atoms with E-state index >= 15 is 4.39 Å². The average molecular weight is 267 g/mol. The minimum atomic E-state index is -1.43. The summed E-state index contributed by atoms with van der Waals surface area (Å²) in [6.07, 6.45) is 2.03. The molecule has 3 heteroatoms. The van der Waals surface area contributed by atoms with Crippen LogP contribution in [0.4, 0.5) is 4.39 Å². The van der Waals surface area contributed by atoms with E-state index in [0.29, 0.717) is 30.9 Å². The Balaban J connectivity index is 2.94. The maximum Gasteiger partial charge on any atom is 0.159 e. The number of alkyl halides is 1. The third-order valence-electron chi connectivity index (χ3n) is 3.24. The number of rotatable bonds is 8. The molecule has 0 spiro atoms. The van der Waals surface area contributed by atoms with Crippen LogP contribution < -0.4 is 5.73 Å². The average Bonchev–Trinajstić information content (AvgIpc) is 2.36. The van der Waals surface area contributed by atoms with E-state index < -0.39 is 5.67 Å². The number of halogens is 1. The molecule has 1 rings (SSSR count). The van der Waals surface area contributed by atoms with Crippen molar-refractivity contribution in [3.05, 3.63) is 35.4 Å². The molecule has 108 valence electrons. The monoisotopic (exact) mass is 267 g/mol. The SMILES string of the molecule is COCC(F)(CCCN)c1cccc(CC(C)C)c1. The van der Waals surface area contributed by atoms with E-state index in [0.717, 1.165) is 6.42 Å². The smallest absolute Gasteiger partial charge is 0.159 e. The predicted octanol–water partition coefficient (Wildman–Crippen LogP) is 3.44. The molecule has 0 heterocycles. The van der Waals surface area contributed by atoms with E-state index in [1.165, 1.54) is 12.7 Å². The van der Waals surface area contributed by atoms with Crippen LogP contribution in [-0.4, -0.2) is 20.3 Å². The van der Waals surface area contributed by atoms with E-state index in [1.54, 1.807) is 0 Å². The summed E-state index contributed by atoms with van der Waals surface area (Å²) in [4.78, 5) is 0. The summed E-state index contributed by atoms with van der Waals surface area (Å²) in [5.41, 5.74) is 5.96. The molecule has 0 bridgehead atoms. The van der Waals surface area contributed by atoms with E-state index in [9.17, 15) is 0 Å². The lowest BCUT2D eigenvalue weighted by molar-refractivity contribution is 0.0303. The van der Waals surface area contributed by atoms with Crippen LogP contribution in [0.1, 0.15) is 37.8 Å². The fourth-order valence-corrected chi connectivity index (χ4v) is 2.36. The van der Waals surface area contributed by atoms with Crippen LogP contribution in [0.15, 0.2) is 24.3 Å². The molecule has 0 aliphatic heterocycles. The minimum Gasteiger partial charge on any atom is -0.381 e. The zero-order valence-electron chi connectivity index (χ0n) is 12.3. The van der Waals surface area contributed by atoms with E-state index in [-0.39, 0.29) is 6.61 Å². The Bertz CT molecular complexity index is 381. The summed E-state index contributed by atoms with van der Waals surface area (Å²) in [6.45, 7) is 4.91. The molecule has 0 aromatic heterocycles. The molecule has 0 aliphatic carbocycles. The van der Waals surface area contributed by atoms with Gasteiger partial charge < -0.3 is 10.5 Å². The fraction of sp³-hybridized carbons (Fsp3) is 0.625. The lowest BCUT2D eigenvalue weighted by atomic mass is 9.89. The largest absolute Gasteiger partial charge is 0.381 e. The van der Waals surface area contributed by atoms with Gasteiger partial charge >= 0.3 is 0 Å². The van der Waals surface area contributed by atoms with Gasteiger partial charge in [-0.2, -0.15) is 0 Å². The molecular weight excluding hydrogens is 241 g/mol. The van der Waals surface area contributed by atoms with E-state index in [1.807, 2.05) is 18.2 Å². The third-order valence-corrected chi connectivity index (χ3v) is 3.24. The second-order valence-corrected chi connectivity index (χ2v) is 5.59. The molecule has 19 heavy (non-hydrogen) atoms. The van der Waals surface area contributed by atoms with E-state index in [4.69, 9.17) is 10.5 Å². The molecule has 2 nitrogen and oxygen atoms in total. The highest BCUT2D eigenvalue weighted by molar-refractivity contribution is 5.29. The van der Waals surface area contributed by atoms with Crippen molar-refractivity contribution in [2.75, 3.05) is 20.3 Å². The molecular formula is C16H26FNO. The molecule has 0 fully saturated rings. The number of nitrogens with two attached hydrogens (primary N) is 1. The van der Waals surface area contributed by atoms with Crippen molar-refractivity contribution in [2.24, 2.45) is 11.7 Å². The van der Waals surface area contributed by atoms with Crippen LogP contribution >= 0.6 is 0 Å². The Hall–Kier alpha value is -0.930. The van der Waals surface area contributed by atoms with Gasteiger partial charge in [-0.3, -0.25) is 0 Å².